The van der Waals surface area contributed by atoms with E-state index in [4.69, 9.17) is 0 Å². The molecule has 2 aromatic rings. The lowest BCUT2D eigenvalue weighted by Crippen LogP contribution is -2.02. The summed E-state index contributed by atoms with van der Waals surface area (Å²) in [6.45, 7) is 0. The molecule has 0 N–H and O–H groups in total. The minimum Gasteiger partial charge on any atom is -0.289 e. The molecule has 0 aliphatic carbocycles. The number of ketones is 1. The minimum absolute atomic E-state index is 0.130. The Bertz CT molecular complexity index is 719. The van der Waals surface area contributed by atoms with Gasteiger partial charge in [-0.2, -0.15) is 4.99 Å². The molecule has 0 aliphatic rings. The summed E-state index contributed by atoms with van der Waals surface area (Å²) < 4.78 is 0. The Labute approximate surface area is 113 Å². The van der Waals surface area contributed by atoms with Crippen LogP contribution in [-0.4, -0.2) is 16.8 Å². The number of rotatable bonds is 4. The molecule has 2 rings (SSSR count). The molecule has 0 spiro atoms. The summed E-state index contributed by atoms with van der Waals surface area (Å²) in [5, 5.41) is 10.9. The van der Waals surface area contributed by atoms with Crippen LogP contribution in [0.4, 0.5) is 11.4 Å². The SMILES string of the molecule is O=C=Nc1ccc(C(=O)c2ccccc2)cc1[N+](=O)[O-]. The summed E-state index contributed by atoms with van der Waals surface area (Å²) in [5.41, 5.74) is 0.0472. The van der Waals surface area contributed by atoms with Gasteiger partial charge in [-0.1, -0.05) is 30.3 Å². The van der Waals surface area contributed by atoms with E-state index in [9.17, 15) is 19.7 Å². The number of hydrogen-bond donors (Lipinski definition) is 0. The molecule has 6 nitrogen and oxygen atoms in total. The average Bonchev–Trinajstić information content (AvgIpc) is 2.48. The molecule has 0 aromatic heterocycles. The molecule has 0 fully saturated rings. The van der Waals surface area contributed by atoms with Crippen molar-refractivity contribution in [2.45, 2.75) is 0 Å². The van der Waals surface area contributed by atoms with E-state index < -0.39 is 10.6 Å². The largest absolute Gasteiger partial charge is 0.296 e. The fraction of sp³-hybridized carbons (Fsp3) is 0. The molecule has 0 radical (unpaired) electrons. The fourth-order valence-electron chi connectivity index (χ4n) is 1.71. The molecule has 0 saturated heterocycles. The van der Waals surface area contributed by atoms with Gasteiger partial charge in [-0.3, -0.25) is 14.9 Å². The van der Waals surface area contributed by atoms with Gasteiger partial charge in [-0.25, -0.2) is 4.79 Å². The number of carbonyl (C=O) groups is 1. The first-order chi connectivity index (χ1) is 9.63. The number of isocyanates is 1. The van der Waals surface area contributed by atoms with Crippen LogP contribution in [0.25, 0.3) is 0 Å². The molecule has 0 atom stereocenters. The predicted octanol–water partition coefficient (Wildman–Crippen LogP) is 2.79. The molecule has 0 aliphatic heterocycles. The van der Waals surface area contributed by atoms with Crippen LogP contribution >= 0.6 is 0 Å². The van der Waals surface area contributed by atoms with Gasteiger partial charge in [0.25, 0.3) is 5.69 Å². The fourth-order valence-corrected chi connectivity index (χ4v) is 1.71. The van der Waals surface area contributed by atoms with E-state index in [0.717, 1.165) is 6.07 Å². The lowest BCUT2D eigenvalue weighted by atomic mass is 10.0. The van der Waals surface area contributed by atoms with E-state index >= 15 is 0 Å². The minimum atomic E-state index is -0.696. The van der Waals surface area contributed by atoms with Crippen molar-refractivity contribution in [1.82, 2.24) is 0 Å². The van der Waals surface area contributed by atoms with E-state index in [1.54, 1.807) is 30.3 Å². The van der Waals surface area contributed by atoms with Gasteiger partial charge in [0.15, 0.2) is 11.5 Å². The molecule has 0 saturated carbocycles. The van der Waals surface area contributed by atoms with E-state index in [0.29, 0.717) is 5.56 Å². The monoisotopic (exact) mass is 268 g/mol. The van der Waals surface area contributed by atoms with Crippen molar-refractivity contribution in [3.63, 3.8) is 0 Å². The van der Waals surface area contributed by atoms with Crippen LogP contribution in [0.5, 0.6) is 0 Å². The Kier molecular flexibility index (Phi) is 3.79. The van der Waals surface area contributed by atoms with Gasteiger partial charge in [-0.05, 0) is 12.1 Å². The number of aliphatic imine (C=N–C) groups is 1. The Hall–Kier alpha value is -3.11. The van der Waals surface area contributed by atoms with Gasteiger partial charge in [0, 0.05) is 17.2 Å². The maximum absolute atomic E-state index is 12.2. The van der Waals surface area contributed by atoms with Gasteiger partial charge >= 0.3 is 0 Å². The topological polar surface area (TPSA) is 89.6 Å². The lowest BCUT2D eigenvalue weighted by Gasteiger charge is -2.02. The van der Waals surface area contributed by atoms with Crippen LogP contribution in [0.2, 0.25) is 0 Å². The van der Waals surface area contributed by atoms with Crippen LogP contribution < -0.4 is 0 Å². The van der Waals surface area contributed by atoms with E-state index in [2.05, 4.69) is 4.99 Å². The van der Waals surface area contributed by atoms with E-state index in [1.165, 1.54) is 18.2 Å². The van der Waals surface area contributed by atoms with E-state index in [-0.39, 0.29) is 17.0 Å². The van der Waals surface area contributed by atoms with Crippen LogP contribution in [0.3, 0.4) is 0 Å². The predicted molar refractivity (Wildman–Crippen MR) is 70.8 cm³/mol. The molecule has 20 heavy (non-hydrogen) atoms. The van der Waals surface area contributed by atoms with Crippen molar-refractivity contribution in [2.24, 2.45) is 4.99 Å². The van der Waals surface area contributed by atoms with Crippen LogP contribution in [0, 0.1) is 10.1 Å². The Morgan fingerprint density at radius 1 is 1.10 bits per heavy atom. The van der Waals surface area contributed by atoms with Crippen molar-refractivity contribution in [3.8, 4) is 0 Å². The first-order valence-corrected chi connectivity index (χ1v) is 5.59. The van der Waals surface area contributed by atoms with Crippen molar-refractivity contribution in [1.29, 1.82) is 0 Å². The summed E-state index contributed by atoms with van der Waals surface area (Å²) in [7, 11) is 0. The highest BCUT2D eigenvalue weighted by Gasteiger charge is 2.18. The quantitative estimate of drug-likeness (QED) is 0.280. The third-order valence-corrected chi connectivity index (χ3v) is 2.64. The zero-order chi connectivity index (χ0) is 14.5. The third-order valence-electron chi connectivity index (χ3n) is 2.64. The second-order valence-corrected chi connectivity index (χ2v) is 3.86. The Morgan fingerprint density at radius 2 is 1.80 bits per heavy atom. The summed E-state index contributed by atoms with van der Waals surface area (Å²) in [6, 6.07) is 12.1. The highest BCUT2D eigenvalue weighted by atomic mass is 16.6. The van der Waals surface area contributed by atoms with Crippen LogP contribution in [-0.2, 0) is 4.79 Å². The van der Waals surface area contributed by atoms with Crippen LogP contribution in [0.1, 0.15) is 15.9 Å². The second kappa shape index (κ2) is 5.69. The highest BCUT2D eigenvalue weighted by molar-refractivity contribution is 6.09. The molecule has 6 heteroatoms. The van der Waals surface area contributed by atoms with Crippen molar-refractivity contribution in [3.05, 3.63) is 69.8 Å². The summed E-state index contributed by atoms with van der Waals surface area (Å²) in [5.74, 6) is -0.338. The number of nitro groups is 1. The Balaban J connectivity index is 2.49. The molecule has 0 amide bonds. The van der Waals surface area contributed by atoms with Crippen molar-refractivity contribution in [2.75, 3.05) is 0 Å². The molecule has 0 heterocycles. The van der Waals surface area contributed by atoms with Crippen molar-refractivity contribution >= 4 is 23.2 Å². The molecule has 98 valence electrons. The normalized spacial score (nSPS) is 9.60. The second-order valence-electron chi connectivity index (χ2n) is 3.86. The molecular weight excluding hydrogens is 260 g/mol. The highest BCUT2D eigenvalue weighted by Crippen LogP contribution is 2.28. The van der Waals surface area contributed by atoms with Crippen LogP contribution in [0.15, 0.2) is 53.5 Å². The van der Waals surface area contributed by atoms with Gasteiger partial charge in [0.2, 0.25) is 6.08 Å². The number of nitro benzene ring substituents is 1. The maximum atomic E-state index is 12.2. The standard InChI is InChI=1S/C14H8N2O4/c17-9-15-12-7-6-11(8-13(12)16(19)20)14(18)10-4-2-1-3-5-10/h1-8H. The number of carbonyl (C=O) groups excluding carboxylic acids is 2. The summed E-state index contributed by atoms with van der Waals surface area (Å²) >= 11 is 0. The van der Waals surface area contributed by atoms with Gasteiger partial charge in [0.05, 0.1) is 4.92 Å². The molecular formula is C14H8N2O4. The van der Waals surface area contributed by atoms with E-state index in [1.807, 2.05) is 0 Å². The van der Waals surface area contributed by atoms with Gasteiger partial charge in [0.1, 0.15) is 0 Å². The first kappa shape index (κ1) is 13.3. The summed E-state index contributed by atoms with van der Waals surface area (Å²) in [6.07, 6.45) is 1.25. The lowest BCUT2D eigenvalue weighted by molar-refractivity contribution is -0.384. The zero-order valence-corrected chi connectivity index (χ0v) is 10.1. The van der Waals surface area contributed by atoms with Gasteiger partial charge < -0.3 is 0 Å². The number of hydrogen-bond acceptors (Lipinski definition) is 5. The number of nitrogens with zero attached hydrogens (tertiary/aromatic N) is 2. The van der Waals surface area contributed by atoms with Crippen molar-refractivity contribution < 1.29 is 14.5 Å². The summed E-state index contributed by atoms with van der Waals surface area (Å²) in [4.78, 5) is 35.8. The molecule has 2 aromatic carbocycles. The smallest absolute Gasteiger partial charge is 0.289 e. The molecule has 0 unspecified atom stereocenters. The van der Waals surface area contributed by atoms with Gasteiger partial charge in [-0.15, -0.1) is 0 Å². The molecule has 0 bridgehead atoms. The first-order valence-electron chi connectivity index (χ1n) is 5.59. The average molecular weight is 268 g/mol. The zero-order valence-electron chi connectivity index (χ0n) is 10.1. The Morgan fingerprint density at radius 3 is 2.40 bits per heavy atom. The third kappa shape index (κ3) is 2.66. The maximum Gasteiger partial charge on any atom is 0.296 e. The number of benzene rings is 2.